The summed E-state index contributed by atoms with van der Waals surface area (Å²) in [5.41, 5.74) is 0. The van der Waals surface area contributed by atoms with Gasteiger partial charge in [0.05, 0.1) is 18.8 Å². The van der Waals surface area contributed by atoms with Crippen molar-refractivity contribution in [2.75, 3.05) is 19.7 Å². The predicted octanol–water partition coefficient (Wildman–Crippen LogP) is 0.382. The molecule has 0 saturated carbocycles. The van der Waals surface area contributed by atoms with Gasteiger partial charge in [-0.15, -0.1) is 0 Å². The number of aliphatic hydroxyl groups is 1. The zero-order valence-corrected chi connectivity index (χ0v) is 7.92. The lowest BCUT2D eigenvalue weighted by Gasteiger charge is -2.28. The van der Waals surface area contributed by atoms with Crippen LogP contribution in [0.1, 0.15) is 20.3 Å². The minimum absolute atomic E-state index is 0.00106. The van der Waals surface area contributed by atoms with Crippen LogP contribution in [0.3, 0.4) is 0 Å². The van der Waals surface area contributed by atoms with E-state index in [-0.39, 0.29) is 12.2 Å². The molecule has 0 bridgehead atoms. The minimum Gasteiger partial charge on any atom is -0.390 e. The third-order valence-electron chi connectivity index (χ3n) is 2.10. The van der Waals surface area contributed by atoms with Crippen LogP contribution in [0.25, 0.3) is 0 Å². The molecule has 1 aliphatic heterocycles. The fraction of sp³-hybridized carbons (Fsp3) is 1.00. The van der Waals surface area contributed by atoms with Crippen LogP contribution in [0, 0.1) is 5.92 Å². The maximum atomic E-state index is 9.68. The second-order valence-corrected chi connectivity index (χ2v) is 3.81. The van der Waals surface area contributed by atoms with Gasteiger partial charge >= 0.3 is 0 Å². The van der Waals surface area contributed by atoms with Gasteiger partial charge < -0.3 is 15.2 Å². The van der Waals surface area contributed by atoms with E-state index < -0.39 is 0 Å². The zero-order chi connectivity index (χ0) is 8.97. The summed E-state index contributed by atoms with van der Waals surface area (Å²) in [6, 6.07) is 0. The molecular formula is C9H19NO2. The lowest BCUT2D eigenvalue weighted by Crippen LogP contribution is -2.45. The van der Waals surface area contributed by atoms with Gasteiger partial charge in [0.2, 0.25) is 0 Å². The minimum atomic E-state index is -0.308. The Kier molecular flexibility index (Phi) is 3.98. The van der Waals surface area contributed by atoms with E-state index in [1.807, 2.05) is 0 Å². The molecule has 1 heterocycles. The molecule has 0 aromatic heterocycles. The number of ether oxygens (including phenoxy) is 1. The number of hydrogen-bond acceptors (Lipinski definition) is 3. The van der Waals surface area contributed by atoms with E-state index in [0.717, 1.165) is 26.1 Å². The van der Waals surface area contributed by atoms with Crippen molar-refractivity contribution in [2.45, 2.75) is 32.5 Å². The number of hydrogen-bond donors (Lipinski definition) is 2. The smallest absolute Gasteiger partial charge is 0.0958 e. The Labute approximate surface area is 74.1 Å². The van der Waals surface area contributed by atoms with Crippen LogP contribution < -0.4 is 5.32 Å². The van der Waals surface area contributed by atoms with Crippen molar-refractivity contribution in [1.82, 2.24) is 5.32 Å². The standard InChI is InChI=1S/C9H19NO2/c1-7(2)5-8(11)9-6-10-3-4-12-9/h7-11H,3-6H2,1-2H3. The molecular weight excluding hydrogens is 154 g/mol. The zero-order valence-electron chi connectivity index (χ0n) is 7.92. The Morgan fingerprint density at radius 3 is 2.83 bits per heavy atom. The van der Waals surface area contributed by atoms with Gasteiger partial charge in [0.15, 0.2) is 0 Å². The maximum Gasteiger partial charge on any atom is 0.0958 e. The molecule has 0 aromatic rings. The van der Waals surface area contributed by atoms with Crippen LogP contribution in [0.5, 0.6) is 0 Å². The lowest BCUT2D eigenvalue weighted by molar-refractivity contribution is -0.0585. The molecule has 1 aliphatic rings. The van der Waals surface area contributed by atoms with Crippen LogP contribution in [-0.4, -0.2) is 37.0 Å². The third kappa shape index (κ3) is 3.09. The fourth-order valence-corrected chi connectivity index (χ4v) is 1.47. The molecule has 72 valence electrons. The number of nitrogens with one attached hydrogen (secondary N) is 1. The van der Waals surface area contributed by atoms with Gasteiger partial charge in [0, 0.05) is 13.1 Å². The fourth-order valence-electron chi connectivity index (χ4n) is 1.47. The molecule has 0 aromatic carbocycles. The molecule has 1 rings (SSSR count). The molecule has 1 fully saturated rings. The molecule has 12 heavy (non-hydrogen) atoms. The first-order valence-corrected chi connectivity index (χ1v) is 4.70. The van der Waals surface area contributed by atoms with Gasteiger partial charge in [-0.05, 0) is 12.3 Å². The molecule has 0 radical (unpaired) electrons. The highest BCUT2D eigenvalue weighted by Crippen LogP contribution is 2.11. The molecule has 3 heteroatoms. The quantitative estimate of drug-likeness (QED) is 0.648. The summed E-state index contributed by atoms with van der Waals surface area (Å²) in [4.78, 5) is 0. The molecule has 1 saturated heterocycles. The Morgan fingerprint density at radius 2 is 2.33 bits per heavy atom. The Morgan fingerprint density at radius 1 is 1.58 bits per heavy atom. The van der Waals surface area contributed by atoms with Crippen molar-refractivity contribution >= 4 is 0 Å². The summed E-state index contributed by atoms with van der Waals surface area (Å²) >= 11 is 0. The SMILES string of the molecule is CC(C)CC(O)C1CNCCO1. The molecule has 0 spiro atoms. The molecule has 2 unspecified atom stereocenters. The second kappa shape index (κ2) is 4.80. The molecule has 2 N–H and O–H groups in total. The first-order chi connectivity index (χ1) is 5.70. The number of rotatable bonds is 3. The summed E-state index contributed by atoms with van der Waals surface area (Å²) in [6.07, 6.45) is 0.519. The average Bonchev–Trinajstić information content (AvgIpc) is 2.05. The summed E-state index contributed by atoms with van der Waals surface area (Å²) in [5.74, 6) is 0.533. The highest BCUT2D eigenvalue weighted by Gasteiger charge is 2.22. The van der Waals surface area contributed by atoms with Gasteiger partial charge in [-0.2, -0.15) is 0 Å². The van der Waals surface area contributed by atoms with Crippen molar-refractivity contribution < 1.29 is 9.84 Å². The van der Waals surface area contributed by atoms with Crippen molar-refractivity contribution in [2.24, 2.45) is 5.92 Å². The van der Waals surface area contributed by atoms with Gasteiger partial charge in [0.25, 0.3) is 0 Å². The highest BCUT2D eigenvalue weighted by molar-refractivity contribution is 4.75. The van der Waals surface area contributed by atoms with Gasteiger partial charge in [0.1, 0.15) is 0 Å². The summed E-state index contributed by atoms with van der Waals surface area (Å²) < 4.78 is 5.43. The summed E-state index contributed by atoms with van der Waals surface area (Å²) in [7, 11) is 0. The van der Waals surface area contributed by atoms with E-state index in [0.29, 0.717) is 5.92 Å². The van der Waals surface area contributed by atoms with Crippen LogP contribution in [0.2, 0.25) is 0 Å². The largest absolute Gasteiger partial charge is 0.390 e. The molecule has 0 aliphatic carbocycles. The van der Waals surface area contributed by atoms with E-state index in [4.69, 9.17) is 4.74 Å². The molecule has 2 atom stereocenters. The summed E-state index contributed by atoms with van der Waals surface area (Å²) in [5, 5.41) is 12.9. The monoisotopic (exact) mass is 173 g/mol. The number of aliphatic hydroxyl groups excluding tert-OH is 1. The Balaban J connectivity index is 2.24. The van der Waals surface area contributed by atoms with E-state index in [1.165, 1.54) is 0 Å². The normalized spacial score (nSPS) is 27.5. The first kappa shape index (κ1) is 9.96. The maximum absolute atomic E-state index is 9.68. The first-order valence-electron chi connectivity index (χ1n) is 4.70. The third-order valence-corrected chi connectivity index (χ3v) is 2.10. The second-order valence-electron chi connectivity index (χ2n) is 3.81. The average molecular weight is 173 g/mol. The van der Waals surface area contributed by atoms with Crippen LogP contribution in [-0.2, 0) is 4.74 Å². The Bertz CT molecular complexity index is 122. The van der Waals surface area contributed by atoms with E-state index >= 15 is 0 Å². The predicted molar refractivity (Wildman–Crippen MR) is 48.1 cm³/mol. The lowest BCUT2D eigenvalue weighted by atomic mass is 10.0. The van der Waals surface area contributed by atoms with E-state index in [2.05, 4.69) is 19.2 Å². The van der Waals surface area contributed by atoms with Gasteiger partial charge in [-0.3, -0.25) is 0 Å². The highest BCUT2D eigenvalue weighted by atomic mass is 16.5. The van der Waals surface area contributed by atoms with Crippen LogP contribution >= 0.6 is 0 Å². The van der Waals surface area contributed by atoms with E-state index in [1.54, 1.807) is 0 Å². The van der Waals surface area contributed by atoms with Crippen molar-refractivity contribution in [3.8, 4) is 0 Å². The van der Waals surface area contributed by atoms with Crippen molar-refractivity contribution in [3.63, 3.8) is 0 Å². The van der Waals surface area contributed by atoms with E-state index in [9.17, 15) is 5.11 Å². The molecule has 3 nitrogen and oxygen atoms in total. The van der Waals surface area contributed by atoms with Gasteiger partial charge in [-0.1, -0.05) is 13.8 Å². The van der Waals surface area contributed by atoms with Crippen LogP contribution in [0.4, 0.5) is 0 Å². The van der Waals surface area contributed by atoms with Crippen LogP contribution in [0.15, 0.2) is 0 Å². The molecule has 0 amide bonds. The van der Waals surface area contributed by atoms with Crippen molar-refractivity contribution in [3.05, 3.63) is 0 Å². The van der Waals surface area contributed by atoms with Crippen molar-refractivity contribution in [1.29, 1.82) is 0 Å². The number of morpholine rings is 1. The summed E-state index contributed by atoms with van der Waals surface area (Å²) in [6.45, 7) is 6.64. The van der Waals surface area contributed by atoms with Gasteiger partial charge in [-0.25, -0.2) is 0 Å². The topological polar surface area (TPSA) is 41.5 Å². The Hall–Kier alpha value is -0.120.